The van der Waals surface area contributed by atoms with Crippen molar-refractivity contribution in [2.24, 2.45) is 0 Å². The van der Waals surface area contributed by atoms with Crippen molar-refractivity contribution in [1.29, 1.82) is 0 Å². The highest BCUT2D eigenvalue weighted by molar-refractivity contribution is 5.73. The molecule has 1 atom stereocenters. The van der Waals surface area contributed by atoms with Crippen LogP contribution < -0.4 is 15.8 Å². The van der Waals surface area contributed by atoms with E-state index in [1.54, 1.807) is 7.11 Å². The Morgan fingerprint density at radius 3 is 2.94 bits per heavy atom. The van der Waals surface area contributed by atoms with Crippen LogP contribution >= 0.6 is 0 Å². The Labute approximate surface area is 95.7 Å². The van der Waals surface area contributed by atoms with Crippen LogP contribution in [0.5, 0.6) is 5.75 Å². The molecular formula is C12H18N2O2. The Balaban J connectivity index is 2.21. The van der Waals surface area contributed by atoms with Gasteiger partial charge in [-0.3, -0.25) is 0 Å². The van der Waals surface area contributed by atoms with Crippen molar-refractivity contribution in [3.63, 3.8) is 0 Å². The van der Waals surface area contributed by atoms with E-state index in [0.29, 0.717) is 18.0 Å². The number of hydrogen-bond donors (Lipinski definition) is 2. The molecule has 0 aromatic heterocycles. The summed E-state index contributed by atoms with van der Waals surface area (Å²) in [6, 6.07) is 5.74. The minimum atomic E-state index is -0.0273. The number of nitrogens with two attached hydrogens (primary N) is 1. The Bertz CT molecular complexity index is 373. The third kappa shape index (κ3) is 2.07. The molecule has 0 saturated carbocycles. The minimum absolute atomic E-state index is 0.0273. The lowest BCUT2D eigenvalue weighted by molar-refractivity contribution is 0.185. The van der Waals surface area contributed by atoms with Gasteiger partial charge in [-0.05, 0) is 25.5 Å². The smallest absolute Gasteiger partial charge is 0.143 e. The van der Waals surface area contributed by atoms with E-state index in [-0.39, 0.29) is 5.54 Å². The molecule has 0 bridgehead atoms. The molecule has 16 heavy (non-hydrogen) atoms. The summed E-state index contributed by atoms with van der Waals surface area (Å²) in [7, 11) is 1.62. The van der Waals surface area contributed by atoms with Crippen molar-refractivity contribution < 1.29 is 9.47 Å². The van der Waals surface area contributed by atoms with Gasteiger partial charge >= 0.3 is 0 Å². The average molecular weight is 222 g/mol. The molecule has 4 nitrogen and oxygen atoms in total. The van der Waals surface area contributed by atoms with Crippen molar-refractivity contribution in [3.05, 3.63) is 18.2 Å². The molecule has 1 aromatic rings. The molecule has 1 heterocycles. The van der Waals surface area contributed by atoms with Crippen LogP contribution in [0.15, 0.2) is 18.2 Å². The zero-order valence-electron chi connectivity index (χ0n) is 9.75. The summed E-state index contributed by atoms with van der Waals surface area (Å²) in [6.45, 7) is 3.65. The second-order valence-corrected chi connectivity index (χ2v) is 4.41. The fourth-order valence-corrected chi connectivity index (χ4v) is 1.92. The molecule has 1 saturated heterocycles. The van der Waals surface area contributed by atoms with Crippen LogP contribution in [0.25, 0.3) is 0 Å². The van der Waals surface area contributed by atoms with Gasteiger partial charge in [0, 0.05) is 6.61 Å². The number of ether oxygens (including phenoxy) is 2. The number of benzene rings is 1. The molecule has 4 heteroatoms. The van der Waals surface area contributed by atoms with E-state index >= 15 is 0 Å². The first-order valence-electron chi connectivity index (χ1n) is 5.43. The summed E-state index contributed by atoms with van der Waals surface area (Å²) in [6.07, 6.45) is 0.990. The first-order valence-corrected chi connectivity index (χ1v) is 5.43. The van der Waals surface area contributed by atoms with Gasteiger partial charge in [-0.2, -0.15) is 0 Å². The second-order valence-electron chi connectivity index (χ2n) is 4.41. The van der Waals surface area contributed by atoms with Gasteiger partial charge in [0.2, 0.25) is 0 Å². The fraction of sp³-hybridized carbons (Fsp3) is 0.500. The fourth-order valence-electron chi connectivity index (χ4n) is 1.92. The topological polar surface area (TPSA) is 56.5 Å². The molecule has 0 aliphatic carbocycles. The van der Waals surface area contributed by atoms with Gasteiger partial charge < -0.3 is 20.5 Å². The Morgan fingerprint density at radius 1 is 1.50 bits per heavy atom. The van der Waals surface area contributed by atoms with E-state index in [2.05, 4.69) is 12.2 Å². The van der Waals surface area contributed by atoms with Gasteiger partial charge in [0.05, 0.1) is 30.6 Å². The normalized spacial score (nSPS) is 24.4. The third-order valence-corrected chi connectivity index (χ3v) is 2.94. The molecule has 0 amide bonds. The summed E-state index contributed by atoms with van der Waals surface area (Å²) in [4.78, 5) is 0. The van der Waals surface area contributed by atoms with Crippen LogP contribution in [-0.2, 0) is 4.74 Å². The SMILES string of the molecule is COc1cccc(NC2(C)CCOC2)c1N. The summed E-state index contributed by atoms with van der Waals surface area (Å²) in [5.41, 5.74) is 7.54. The van der Waals surface area contributed by atoms with Gasteiger partial charge in [-0.15, -0.1) is 0 Å². The van der Waals surface area contributed by atoms with Gasteiger partial charge in [-0.25, -0.2) is 0 Å². The summed E-state index contributed by atoms with van der Waals surface area (Å²) < 4.78 is 10.6. The maximum absolute atomic E-state index is 6.00. The van der Waals surface area contributed by atoms with E-state index in [9.17, 15) is 0 Å². The third-order valence-electron chi connectivity index (χ3n) is 2.94. The number of hydrogen-bond acceptors (Lipinski definition) is 4. The first kappa shape index (κ1) is 11.1. The lowest BCUT2D eigenvalue weighted by Crippen LogP contribution is -2.35. The molecular weight excluding hydrogens is 204 g/mol. The minimum Gasteiger partial charge on any atom is -0.495 e. The van der Waals surface area contributed by atoms with E-state index in [1.165, 1.54) is 0 Å². The van der Waals surface area contributed by atoms with Crippen LogP contribution in [0.2, 0.25) is 0 Å². The molecule has 2 rings (SSSR count). The Kier molecular flexibility index (Phi) is 2.92. The van der Waals surface area contributed by atoms with Gasteiger partial charge in [-0.1, -0.05) is 6.07 Å². The summed E-state index contributed by atoms with van der Waals surface area (Å²) in [5.74, 6) is 0.701. The van der Waals surface area contributed by atoms with Crippen LogP contribution in [0.1, 0.15) is 13.3 Å². The first-order chi connectivity index (χ1) is 7.64. The highest BCUT2D eigenvalue weighted by Gasteiger charge is 2.30. The predicted molar refractivity (Wildman–Crippen MR) is 64.9 cm³/mol. The molecule has 1 aliphatic heterocycles. The maximum atomic E-state index is 6.00. The van der Waals surface area contributed by atoms with Crippen LogP contribution in [0.4, 0.5) is 11.4 Å². The molecule has 0 spiro atoms. The molecule has 3 N–H and O–H groups in total. The van der Waals surface area contributed by atoms with E-state index < -0.39 is 0 Å². The highest BCUT2D eigenvalue weighted by Crippen LogP contribution is 2.32. The van der Waals surface area contributed by atoms with E-state index in [0.717, 1.165) is 18.7 Å². The van der Waals surface area contributed by atoms with Gasteiger partial charge in [0.15, 0.2) is 0 Å². The molecule has 0 radical (unpaired) electrons. The number of nitrogen functional groups attached to an aromatic ring is 1. The van der Waals surface area contributed by atoms with Crippen molar-refractivity contribution in [2.75, 3.05) is 31.4 Å². The van der Waals surface area contributed by atoms with E-state index in [4.69, 9.17) is 15.2 Å². The highest BCUT2D eigenvalue weighted by atomic mass is 16.5. The number of methoxy groups -OCH3 is 1. The zero-order valence-corrected chi connectivity index (χ0v) is 9.75. The predicted octanol–water partition coefficient (Wildman–Crippen LogP) is 1.87. The van der Waals surface area contributed by atoms with Crippen molar-refractivity contribution >= 4 is 11.4 Å². The number of rotatable bonds is 3. The lowest BCUT2D eigenvalue weighted by atomic mass is 10.0. The van der Waals surface area contributed by atoms with Gasteiger partial charge in [0.25, 0.3) is 0 Å². The second kappa shape index (κ2) is 4.22. The summed E-state index contributed by atoms with van der Waals surface area (Å²) in [5, 5.41) is 3.43. The van der Waals surface area contributed by atoms with Crippen molar-refractivity contribution in [1.82, 2.24) is 0 Å². The molecule has 1 aliphatic rings. The molecule has 1 unspecified atom stereocenters. The average Bonchev–Trinajstić information content (AvgIpc) is 2.68. The van der Waals surface area contributed by atoms with Gasteiger partial charge in [0.1, 0.15) is 5.75 Å². The number of nitrogens with one attached hydrogen (secondary N) is 1. The standard InChI is InChI=1S/C12H18N2O2/c1-12(6-7-16-8-12)14-9-4-3-5-10(15-2)11(9)13/h3-5,14H,6-8,13H2,1-2H3. The summed E-state index contributed by atoms with van der Waals surface area (Å²) >= 11 is 0. The van der Waals surface area contributed by atoms with Crippen LogP contribution in [-0.4, -0.2) is 25.9 Å². The largest absolute Gasteiger partial charge is 0.495 e. The Hall–Kier alpha value is -1.42. The number of anilines is 2. The van der Waals surface area contributed by atoms with Crippen LogP contribution in [0, 0.1) is 0 Å². The van der Waals surface area contributed by atoms with E-state index in [1.807, 2.05) is 18.2 Å². The lowest BCUT2D eigenvalue weighted by Gasteiger charge is -2.26. The molecule has 1 aromatic carbocycles. The number of para-hydroxylation sites is 1. The molecule has 1 fully saturated rings. The van der Waals surface area contributed by atoms with Crippen molar-refractivity contribution in [3.8, 4) is 5.75 Å². The zero-order chi connectivity index (χ0) is 11.6. The Morgan fingerprint density at radius 2 is 2.31 bits per heavy atom. The molecule has 88 valence electrons. The van der Waals surface area contributed by atoms with Crippen molar-refractivity contribution in [2.45, 2.75) is 18.9 Å². The quantitative estimate of drug-likeness (QED) is 0.766. The van der Waals surface area contributed by atoms with Crippen LogP contribution in [0.3, 0.4) is 0 Å². The maximum Gasteiger partial charge on any atom is 0.143 e. The monoisotopic (exact) mass is 222 g/mol.